The molecule has 0 radical (unpaired) electrons. The van der Waals surface area contributed by atoms with Gasteiger partial charge < -0.3 is 14.8 Å². The van der Waals surface area contributed by atoms with Crippen LogP contribution < -0.4 is 10.1 Å². The number of hydrogen-bond acceptors (Lipinski definition) is 5. The van der Waals surface area contributed by atoms with E-state index in [1.54, 1.807) is 26.3 Å². The van der Waals surface area contributed by atoms with Crippen LogP contribution in [0.5, 0.6) is 5.75 Å². The molecule has 0 aliphatic rings. The van der Waals surface area contributed by atoms with E-state index in [0.29, 0.717) is 12.0 Å². The molecule has 0 aliphatic carbocycles. The van der Waals surface area contributed by atoms with Crippen LogP contribution >= 0.6 is 0 Å². The maximum atomic E-state index is 12.4. The first kappa shape index (κ1) is 16.2. The Morgan fingerprint density at radius 2 is 2.00 bits per heavy atom. The minimum absolute atomic E-state index is 0.0310. The van der Waals surface area contributed by atoms with Gasteiger partial charge in [-0.3, -0.25) is 9.59 Å². The highest BCUT2D eigenvalue weighted by Crippen LogP contribution is 2.19. The molecule has 5 heteroatoms. The number of methoxy groups -OCH3 is 2. The summed E-state index contributed by atoms with van der Waals surface area (Å²) in [5.41, 5.74) is 1.49. The van der Waals surface area contributed by atoms with E-state index in [-0.39, 0.29) is 18.2 Å². The molecule has 1 unspecified atom stereocenters. The van der Waals surface area contributed by atoms with Gasteiger partial charge in [0.2, 0.25) is 0 Å². The maximum absolute atomic E-state index is 12.4. The van der Waals surface area contributed by atoms with Crippen molar-refractivity contribution in [1.82, 2.24) is 5.32 Å². The standard InChI is InChI=1S/C15H21NO4/c1-10-9-11(19-3)5-6-12(10)15(18)13(16-2)7-8-14(17)20-4/h5-6,9,13,16H,7-8H2,1-4H3. The first-order chi connectivity index (χ1) is 9.53. The van der Waals surface area contributed by atoms with Crippen LogP contribution in [0.25, 0.3) is 0 Å². The summed E-state index contributed by atoms with van der Waals surface area (Å²) in [5.74, 6) is 0.371. The second kappa shape index (κ2) is 7.65. The van der Waals surface area contributed by atoms with Gasteiger partial charge in [0.1, 0.15) is 5.75 Å². The van der Waals surface area contributed by atoms with Gasteiger partial charge in [0.15, 0.2) is 5.78 Å². The van der Waals surface area contributed by atoms with Crippen molar-refractivity contribution in [2.75, 3.05) is 21.3 Å². The summed E-state index contributed by atoms with van der Waals surface area (Å²) in [4.78, 5) is 23.6. The number of ketones is 1. The Morgan fingerprint density at radius 3 is 2.50 bits per heavy atom. The van der Waals surface area contributed by atoms with Gasteiger partial charge in [0, 0.05) is 12.0 Å². The van der Waals surface area contributed by atoms with Gasteiger partial charge in [-0.2, -0.15) is 0 Å². The highest BCUT2D eigenvalue weighted by atomic mass is 16.5. The highest BCUT2D eigenvalue weighted by Gasteiger charge is 2.21. The van der Waals surface area contributed by atoms with Crippen molar-refractivity contribution in [1.29, 1.82) is 0 Å². The Morgan fingerprint density at radius 1 is 1.30 bits per heavy atom. The highest BCUT2D eigenvalue weighted by molar-refractivity contribution is 6.01. The summed E-state index contributed by atoms with van der Waals surface area (Å²) in [7, 11) is 4.63. The number of nitrogens with one attached hydrogen (secondary N) is 1. The van der Waals surface area contributed by atoms with Crippen molar-refractivity contribution >= 4 is 11.8 Å². The monoisotopic (exact) mass is 279 g/mol. The molecule has 1 rings (SSSR count). The average molecular weight is 279 g/mol. The van der Waals surface area contributed by atoms with Gasteiger partial charge in [0.05, 0.1) is 20.3 Å². The lowest BCUT2D eigenvalue weighted by molar-refractivity contribution is -0.140. The van der Waals surface area contributed by atoms with Gasteiger partial charge in [-0.25, -0.2) is 0 Å². The number of carbonyl (C=O) groups is 2. The van der Waals surface area contributed by atoms with Crippen LogP contribution in [-0.4, -0.2) is 39.1 Å². The number of hydrogen-bond donors (Lipinski definition) is 1. The topological polar surface area (TPSA) is 64.6 Å². The van der Waals surface area contributed by atoms with E-state index in [0.717, 1.165) is 11.3 Å². The molecule has 0 saturated carbocycles. The number of rotatable bonds is 7. The molecule has 0 saturated heterocycles. The van der Waals surface area contributed by atoms with E-state index < -0.39 is 6.04 Å². The number of likely N-dealkylation sites (N-methyl/N-ethyl adjacent to an activating group) is 1. The van der Waals surface area contributed by atoms with Crippen molar-refractivity contribution < 1.29 is 19.1 Å². The first-order valence-electron chi connectivity index (χ1n) is 6.46. The summed E-state index contributed by atoms with van der Waals surface area (Å²) < 4.78 is 9.71. The quantitative estimate of drug-likeness (QED) is 0.608. The molecule has 0 amide bonds. The summed E-state index contributed by atoms with van der Waals surface area (Å²) >= 11 is 0. The lowest BCUT2D eigenvalue weighted by atomic mass is 9.96. The Kier molecular flexibility index (Phi) is 6.18. The van der Waals surface area contributed by atoms with Crippen LogP contribution in [0.3, 0.4) is 0 Å². The Hall–Kier alpha value is -1.88. The fraction of sp³-hybridized carbons (Fsp3) is 0.467. The molecule has 1 atom stereocenters. The Labute approximate surface area is 119 Å². The number of carbonyl (C=O) groups excluding carboxylic acids is 2. The number of esters is 1. The summed E-state index contributed by atoms with van der Waals surface area (Å²) in [6.45, 7) is 1.86. The van der Waals surface area contributed by atoms with Crippen LogP contribution in [0.1, 0.15) is 28.8 Å². The number of Topliss-reactive ketones (excluding diaryl/α,β-unsaturated/α-hetero) is 1. The fourth-order valence-electron chi connectivity index (χ4n) is 2.00. The zero-order valence-electron chi connectivity index (χ0n) is 12.4. The SMILES string of the molecule is CNC(CCC(=O)OC)C(=O)c1ccc(OC)cc1C. The molecule has 20 heavy (non-hydrogen) atoms. The van der Waals surface area contributed by atoms with E-state index >= 15 is 0 Å². The van der Waals surface area contributed by atoms with Gasteiger partial charge in [-0.15, -0.1) is 0 Å². The molecular formula is C15H21NO4. The molecule has 0 aromatic heterocycles. The largest absolute Gasteiger partial charge is 0.497 e. The molecule has 0 spiro atoms. The van der Waals surface area contributed by atoms with E-state index in [1.807, 2.05) is 13.0 Å². The van der Waals surface area contributed by atoms with Crippen LogP contribution in [0, 0.1) is 6.92 Å². The maximum Gasteiger partial charge on any atom is 0.305 e. The smallest absolute Gasteiger partial charge is 0.305 e. The second-order valence-corrected chi connectivity index (χ2v) is 4.50. The average Bonchev–Trinajstić information content (AvgIpc) is 2.46. The van der Waals surface area contributed by atoms with Crippen molar-refractivity contribution in [3.05, 3.63) is 29.3 Å². The molecule has 5 nitrogen and oxygen atoms in total. The lowest BCUT2D eigenvalue weighted by Crippen LogP contribution is -2.35. The Bertz CT molecular complexity index is 485. The summed E-state index contributed by atoms with van der Waals surface area (Å²) in [6.07, 6.45) is 0.621. The zero-order valence-corrected chi connectivity index (χ0v) is 12.4. The number of ether oxygens (including phenoxy) is 2. The minimum atomic E-state index is -0.402. The fourth-order valence-corrected chi connectivity index (χ4v) is 2.00. The predicted molar refractivity (Wildman–Crippen MR) is 76.2 cm³/mol. The molecule has 0 fully saturated rings. The van der Waals surface area contributed by atoms with Gasteiger partial charge >= 0.3 is 5.97 Å². The molecule has 1 aromatic carbocycles. The van der Waals surface area contributed by atoms with Crippen LogP contribution in [-0.2, 0) is 9.53 Å². The first-order valence-corrected chi connectivity index (χ1v) is 6.46. The molecule has 1 aromatic rings. The third-order valence-corrected chi connectivity index (χ3v) is 3.23. The minimum Gasteiger partial charge on any atom is -0.497 e. The van der Waals surface area contributed by atoms with Crippen LogP contribution in [0.4, 0.5) is 0 Å². The lowest BCUT2D eigenvalue weighted by Gasteiger charge is -2.16. The van der Waals surface area contributed by atoms with E-state index in [9.17, 15) is 9.59 Å². The van der Waals surface area contributed by atoms with Crippen LogP contribution in [0.2, 0.25) is 0 Å². The van der Waals surface area contributed by atoms with Crippen LogP contribution in [0.15, 0.2) is 18.2 Å². The molecule has 1 N–H and O–H groups in total. The predicted octanol–water partition coefficient (Wildman–Crippen LogP) is 1.73. The van der Waals surface area contributed by atoms with E-state index in [1.165, 1.54) is 7.11 Å². The molecule has 110 valence electrons. The molecule has 0 aliphatic heterocycles. The molecular weight excluding hydrogens is 258 g/mol. The second-order valence-electron chi connectivity index (χ2n) is 4.50. The van der Waals surface area contributed by atoms with Crippen molar-refractivity contribution in [2.45, 2.75) is 25.8 Å². The van der Waals surface area contributed by atoms with E-state index in [2.05, 4.69) is 10.1 Å². The van der Waals surface area contributed by atoms with Gasteiger partial charge in [0.25, 0.3) is 0 Å². The number of benzene rings is 1. The number of aryl methyl sites for hydroxylation is 1. The van der Waals surface area contributed by atoms with Gasteiger partial charge in [-0.05, 0) is 44.2 Å². The van der Waals surface area contributed by atoms with Crippen molar-refractivity contribution in [3.63, 3.8) is 0 Å². The molecule has 0 bridgehead atoms. The normalized spacial score (nSPS) is 11.8. The van der Waals surface area contributed by atoms with Crippen molar-refractivity contribution in [3.8, 4) is 5.75 Å². The van der Waals surface area contributed by atoms with Gasteiger partial charge in [-0.1, -0.05) is 0 Å². The summed E-state index contributed by atoms with van der Waals surface area (Å²) in [5, 5.41) is 2.95. The third kappa shape index (κ3) is 4.06. The molecule has 0 heterocycles. The van der Waals surface area contributed by atoms with E-state index in [4.69, 9.17) is 4.74 Å². The Balaban J connectivity index is 2.83. The zero-order chi connectivity index (χ0) is 15.1. The third-order valence-electron chi connectivity index (χ3n) is 3.23. The summed E-state index contributed by atoms with van der Waals surface area (Å²) in [6, 6.07) is 4.92. The van der Waals surface area contributed by atoms with Crippen molar-refractivity contribution in [2.24, 2.45) is 0 Å².